The molecule has 6 nitrogen and oxygen atoms in total. The Kier molecular flexibility index (Phi) is 5.99. The van der Waals surface area contributed by atoms with E-state index in [0.29, 0.717) is 24.6 Å². The minimum absolute atomic E-state index is 0.0611. The van der Waals surface area contributed by atoms with Gasteiger partial charge in [-0.05, 0) is 50.2 Å². The molecule has 1 amide bonds. The zero-order valence-corrected chi connectivity index (χ0v) is 15.4. The number of anilines is 2. The highest BCUT2D eigenvalue weighted by atomic mass is 16.5. The summed E-state index contributed by atoms with van der Waals surface area (Å²) in [7, 11) is 0. The molecule has 0 unspecified atom stereocenters. The van der Waals surface area contributed by atoms with Gasteiger partial charge < -0.3 is 15.0 Å². The van der Waals surface area contributed by atoms with Crippen molar-refractivity contribution in [2.75, 3.05) is 18.4 Å². The number of carbonyl (C=O) groups is 1. The predicted octanol–water partition coefficient (Wildman–Crippen LogP) is 4.49. The number of nitrogens with one attached hydrogen (secondary N) is 1. The first-order chi connectivity index (χ1) is 13.2. The molecule has 0 radical (unpaired) electrons. The summed E-state index contributed by atoms with van der Waals surface area (Å²) in [4.78, 5) is 22.5. The third kappa shape index (κ3) is 4.82. The first kappa shape index (κ1) is 18.4. The van der Waals surface area contributed by atoms with Gasteiger partial charge in [0.25, 0.3) is 5.91 Å². The van der Waals surface area contributed by atoms with E-state index in [4.69, 9.17) is 4.74 Å². The molecule has 0 aliphatic rings. The minimum atomic E-state index is -0.0611. The number of nitrogens with zero attached hydrogens (tertiary/aromatic N) is 3. The lowest BCUT2D eigenvalue weighted by Crippen LogP contribution is -2.30. The number of ether oxygens (including phenoxy) is 1. The van der Waals surface area contributed by atoms with Crippen LogP contribution in [0.2, 0.25) is 0 Å². The lowest BCUT2D eigenvalue weighted by atomic mass is 10.3. The topological polar surface area (TPSA) is 67.4 Å². The maximum atomic E-state index is 12.3. The van der Waals surface area contributed by atoms with Crippen LogP contribution in [0.4, 0.5) is 11.6 Å². The van der Waals surface area contributed by atoms with Crippen molar-refractivity contribution in [2.24, 2.45) is 0 Å². The molecule has 3 aromatic rings. The molecule has 1 heterocycles. The van der Waals surface area contributed by atoms with Crippen LogP contribution in [0.15, 0.2) is 67.0 Å². The molecular formula is C21H22N4O2. The highest BCUT2D eigenvalue weighted by Gasteiger charge is 2.13. The zero-order chi connectivity index (χ0) is 19.1. The molecule has 1 aromatic heterocycles. The maximum absolute atomic E-state index is 12.3. The molecule has 0 atom stereocenters. The number of hydrogen-bond acceptors (Lipinski definition) is 5. The predicted molar refractivity (Wildman–Crippen MR) is 106 cm³/mol. The molecule has 138 valence electrons. The fourth-order valence-electron chi connectivity index (χ4n) is 2.56. The molecule has 0 bridgehead atoms. The number of para-hydroxylation sites is 1. The van der Waals surface area contributed by atoms with Crippen molar-refractivity contribution < 1.29 is 9.53 Å². The summed E-state index contributed by atoms with van der Waals surface area (Å²) < 4.78 is 5.77. The first-order valence-electron chi connectivity index (χ1n) is 8.91. The quantitative estimate of drug-likeness (QED) is 0.670. The Morgan fingerprint density at radius 2 is 1.52 bits per heavy atom. The fraction of sp³-hybridized carbons (Fsp3) is 0.190. The third-order valence-electron chi connectivity index (χ3n) is 4.04. The second-order valence-electron chi connectivity index (χ2n) is 5.84. The van der Waals surface area contributed by atoms with E-state index in [9.17, 15) is 4.79 Å². The Labute approximate surface area is 158 Å². The van der Waals surface area contributed by atoms with Gasteiger partial charge >= 0.3 is 0 Å². The Morgan fingerprint density at radius 1 is 0.926 bits per heavy atom. The van der Waals surface area contributed by atoms with Crippen molar-refractivity contribution in [3.63, 3.8) is 0 Å². The lowest BCUT2D eigenvalue weighted by molar-refractivity contribution is 0.0772. The van der Waals surface area contributed by atoms with Gasteiger partial charge in [-0.1, -0.05) is 18.2 Å². The number of aromatic nitrogens is 2. The van der Waals surface area contributed by atoms with Crippen LogP contribution in [0, 0.1) is 0 Å². The van der Waals surface area contributed by atoms with Crippen LogP contribution in [-0.4, -0.2) is 33.9 Å². The Balaban J connectivity index is 1.62. The normalized spacial score (nSPS) is 10.3. The summed E-state index contributed by atoms with van der Waals surface area (Å²) in [6, 6.07) is 17.1. The van der Waals surface area contributed by atoms with E-state index in [-0.39, 0.29) is 5.91 Å². The first-order valence-corrected chi connectivity index (χ1v) is 8.91. The van der Waals surface area contributed by atoms with Crippen molar-refractivity contribution in [1.29, 1.82) is 0 Å². The molecule has 0 aliphatic carbocycles. The number of amides is 1. The number of rotatable bonds is 7. The summed E-state index contributed by atoms with van der Waals surface area (Å²) in [5.41, 5.74) is 1.31. The summed E-state index contributed by atoms with van der Waals surface area (Å²) >= 11 is 0. The van der Waals surface area contributed by atoms with Crippen LogP contribution in [0.5, 0.6) is 11.5 Å². The van der Waals surface area contributed by atoms with Gasteiger partial charge in [-0.2, -0.15) is 0 Å². The highest BCUT2D eigenvalue weighted by molar-refractivity contribution is 5.93. The van der Waals surface area contributed by atoms with Crippen LogP contribution in [0.3, 0.4) is 0 Å². The molecule has 0 aliphatic heterocycles. The van der Waals surface area contributed by atoms with E-state index in [1.807, 2.05) is 68.4 Å². The van der Waals surface area contributed by atoms with Crippen LogP contribution >= 0.6 is 0 Å². The van der Waals surface area contributed by atoms with Crippen molar-refractivity contribution in [3.8, 4) is 11.5 Å². The van der Waals surface area contributed by atoms with Gasteiger partial charge in [0.2, 0.25) is 5.95 Å². The number of hydrogen-bond donors (Lipinski definition) is 1. The van der Waals surface area contributed by atoms with Crippen LogP contribution < -0.4 is 10.1 Å². The molecular weight excluding hydrogens is 340 g/mol. The van der Waals surface area contributed by atoms with E-state index < -0.39 is 0 Å². The Morgan fingerprint density at radius 3 is 2.11 bits per heavy atom. The van der Waals surface area contributed by atoms with E-state index in [1.165, 1.54) is 0 Å². The van der Waals surface area contributed by atoms with Gasteiger partial charge in [-0.15, -0.1) is 0 Å². The van der Waals surface area contributed by atoms with Crippen LogP contribution in [0.25, 0.3) is 0 Å². The molecule has 0 spiro atoms. The SMILES string of the molecule is CCN(CC)C(=O)c1cnc(Nc2ccc(Oc3ccccc3)cc2)nc1. The van der Waals surface area contributed by atoms with Crippen molar-refractivity contribution in [1.82, 2.24) is 14.9 Å². The molecule has 2 aromatic carbocycles. The van der Waals surface area contributed by atoms with Crippen LogP contribution in [-0.2, 0) is 0 Å². The van der Waals surface area contributed by atoms with Gasteiger partial charge in [0.15, 0.2) is 0 Å². The minimum Gasteiger partial charge on any atom is -0.457 e. The van der Waals surface area contributed by atoms with Gasteiger partial charge in [0, 0.05) is 31.2 Å². The molecule has 0 saturated carbocycles. The molecule has 0 saturated heterocycles. The maximum Gasteiger partial charge on any atom is 0.256 e. The molecule has 0 fully saturated rings. The summed E-state index contributed by atoms with van der Waals surface area (Å²) in [6.07, 6.45) is 3.09. The van der Waals surface area contributed by atoms with Gasteiger partial charge in [0.05, 0.1) is 5.56 Å². The Bertz CT molecular complexity index is 861. The van der Waals surface area contributed by atoms with E-state index in [2.05, 4.69) is 15.3 Å². The zero-order valence-electron chi connectivity index (χ0n) is 15.4. The standard InChI is InChI=1S/C21H22N4O2/c1-3-25(4-2)20(26)16-14-22-21(23-15-16)24-17-10-12-19(13-11-17)27-18-8-6-5-7-9-18/h5-15H,3-4H2,1-2H3,(H,22,23,24). The summed E-state index contributed by atoms with van der Waals surface area (Å²) in [5.74, 6) is 1.90. The fourth-order valence-corrected chi connectivity index (χ4v) is 2.56. The van der Waals surface area contributed by atoms with Crippen LogP contribution in [0.1, 0.15) is 24.2 Å². The third-order valence-corrected chi connectivity index (χ3v) is 4.04. The van der Waals surface area contributed by atoms with Gasteiger partial charge in [-0.25, -0.2) is 9.97 Å². The molecule has 3 rings (SSSR count). The Hall–Kier alpha value is -3.41. The summed E-state index contributed by atoms with van der Waals surface area (Å²) in [6.45, 7) is 5.21. The van der Waals surface area contributed by atoms with E-state index in [1.54, 1.807) is 17.3 Å². The van der Waals surface area contributed by atoms with Gasteiger partial charge in [0.1, 0.15) is 11.5 Å². The average molecular weight is 362 g/mol. The van der Waals surface area contributed by atoms with E-state index >= 15 is 0 Å². The second-order valence-corrected chi connectivity index (χ2v) is 5.84. The summed E-state index contributed by atoms with van der Waals surface area (Å²) in [5, 5.41) is 3.12. The van der Waals surface area contributed by atoms with E-state index in [0.717, 1.165) is 17.2 Å². The molecule has 1 N–H and O–H groups in total. The number of benzene rings is 2. The monoisotopic (exact) mass is 362 g/mol. The lowest BCUT2D eigenvalue weighted by Gasteiger charge is -2.18. The van der Waals surface area contributed by atoms with Crippen molar-refractivity contribution in [3.05, 3.63) is 72.6 Å². The van der Waals surface area contributed by atoms with Gasteiger partial charge in [-0.3, -0.25) is 4.79 Å². The molecule has 6 heteroatoms. The smallest absolute Gasteiger partial charge is 0.256 e. The largest absolute Gasteiger partial charge is 0.457 e. The number of carbonyl (C=O) groups excluding carboxylic acids is 1. The van der Waals surface area contributed by atoms with Crippen molar-refractivity contribution in [2.45, 2.75) is 13.8 Å². The van der Waals surface area contributed by atoms with Crippen molar-refractivity contribution >= 4 is 17.5 Å². The molecule has 27 heavy (non-hydrogen) atoms. The highest BCUT2D eigenvalue weighted by Crippen LogP contribution is 2.23. The average Bonchev–Trinajstić information content (AvgIpc) is 2.72. The second kappa shape index (κ2) is 8.80.